The summed E-state index contributed by atoms with van der Waals surface area (Å²) >= 11 is 7.14. The summed E-state index contributed by atoms with van der Waals surface area (Å²) in [4.78, 5) is 21.2. The van der Waals surface area contributed by atoms with Crippen molar-refractivity contribution in [2.24, 2.45) is 0 Å². The Labute approximate surface area is 163 Å². The maximum Gasteiger partial charge on any atom is 0.387 e. The molecule has 0 saturated heterocycles. The van der Waals surface area contributed by atoms with Gasteiger partial charge in [0, 0.05) is 5.69 Å². The molecule has 1 amide bonds. The number of thioether (sulfide) groups is 1. The van der Waals surface area contributed by atoms with Crippen LogP contribution >= 0.6 is 23.4 Å². The monoisotopic (exact) mass is 409 g/mol. The van der Waals surface area contributed by atoms with Crippen LogP contribution in [0.25, 0.3) is 11.0 Å². The van der Waals surface area contributed by atoms with Gasteiger partial charge in [-0.1, -0.05) is 35.5 Å². The number of rotatable bonds is 6. The third-order valence-corrected chi connectivity index (χ3v) is 4.84. The fourth-order valence-corrected chi connectivity index (χ4v) is 3.29. The molecular formula is C18H14ClF2N3O2S. The number of benzene rings is 2. The largest absolute Gasteiger partial charge is 0.433 e. The Morgan fingerprint density at radius 1 is 1.22 bits per heavy atom. The van der Waals surface area contributed by atoms with Gasteiger partial charge < -0.3 is 10.1 Å². The molecule has 1 N–H and O–H groups in total. The van der Waals surface area contributed by atoms with Gasteiger partial charge in [-0.25, -0.2) is 9.97 Å². The molecule has 2 aromatic carbocycles. The van der Waals surface area contributed by atoms with Crippen molar-refractivity contribution < 1.29 is 18.3 Å². The van der Waals surface area contributed by atoms with Gasteiger partial charge >= 0.3 is 6.61 Å². The van der Waals surface area contributed by atoms with Crippen molar-refractivity contribution >= 4 is 46.0 Å². The summed E-state index contributed by atoms with van der Waals surface area (Å²) in [5, 5.41) is 3.31. The van der Waals surface area contributed by atoms with E-state index >= 15 is 0 Å². The topological polar surface area (TPSA) is 64.1 Å². The predicted octanol–water partition coefficient (Wildman–Crippen LogP) is 4.92. The standard InChI is InChI=1S/C18H14ClF2N3O2S/c1-10-17(24-14-5-3-2-4-13(14)22-10)27-9-16(25)23-11-6-7-15(12(19)8-11)26-18(20)21/h2-8,18H,9H2,1H3,(H,23,25). The van der Waals surface area contributed by atoms with Gasteiger partial charge in [0.05, 0.1) is 27.5 Å². The lowest BCUT2D eigenvalue weighted by atomic mass is 10.3. The molecule has 0 saturated carbocycles. The highest BCUT2D eigenvalue weighted by Gasteiger charge is 2.12. The number of nitrogens with one attached hydrogen (secondary N) is 1. The fourth-order valence-electron chi connectivity index (χ4n) is 2.31. The third kappa shape index (κ3) is 5.05. The minimum atomic E-state index is -2.97. The first-order valence-corrected chi connectivity index (χ1v) is 9.19. The smallest absolute Gasteiger partial charge is 0.387 e. The molecule has 9 heteroatoms. The third-order valence-electron chi connectivity index (χ3n) is 3.47. The van der Waals surface area contributed by atoms with E-state index in [0.29, 0.717) is 10.7 Å². The molecule has 0 aliphatic carbocycles. The van der Waals surface area contributed by atoms with Gasteiger partial charge in [-0.3, -0.25) is 4.79 Å². The fraction of sp³-hybridized carbons (Fsp3) is 0.167. The van der Waals surface area contributed by atoms with E-state index in [4.69, 9.17) is 11.6 Å². The molecule has 1 heterocycles. The molecule has 0 bridgehead atoms. The summed E-state index contributed by atoms with van der Waals surface area (Å²) < 4.78 is 28.7. The van der Waals surface area contributed by atoms with E-state index < -0.39 is 6.61 Å². The SMILES string of the molecule is Cc1nc2ccccc2nc1SCC(=O)Nc1ccc(OC(F)F)c(Cl)c1. The second-order valence-electron chi connectivity index (χ2n) is 5.46. The molecular weight excluding hydrogens is 396 g/mol. The minimum absolute atomic E-state index is 0.0167. The quantitative estimate of drug-likeness (QED) is 0.585. The van der Waals surface area contributed by atoms with Gasteiger partial charge in [-0.15, -0.1) is 0 Å². The van der Waals surface area contributed by atoms with E-state index in [1.165, 1.54) is 30.0 Å². The van der Waals surface area contributed by atoms with Gasteiger partial charge in [0.25, 0.3) is 0 Å². The van der Waals surface area contributed by atoms with Gasteiger partial charge in [0.2, 0.25) is 5.91 Å². The molecule has 0 aliphatic rings. The first-order valence-electron chi connectivity index (χ1n) is 7.83. The number of anilines is 1. The Kier molecular flexibility index (Phi) is 6.08. The normalized spacial score (nSPS) is 11.0. The van der Waals surface area contributed by atoms with Crippen LogP contribution in [0.4, 0.5) is 14.5 Å². The van der Waals surface area contributed by atoms with Gasteiger partial charge in [-0.2, -0.15) is 8.78 Å². The number of carbonyl (C=O) groups is 1. The maximum absolute atomic E-state index is 12.2. The Morgan fingerprint density at radius 2 is 1.93 bits per heavy atom. The summed E-state index contributed by atoms with van der Waals surface area (Å²) in [6.45, 7) is -1.13. The Morgan fingerprint density at radius 3 is 2.59 bits per heavy atom. The van der Waals surface area contributed by atoms with Crippen molar-refractivity contribution in [3.8, 4) is 5.75 Å². The van der Waals surface area contributed by atoms with Crippen molar-refractivity contribution in [3.63, 3.8) is 0 Å². The summed E-state index contributed by atoms with van der Waals surface area (Å²) in [6, 6.07) is 11.6. The van der Waals surface area contributed by atoms with Crippen molar-refractivity contribution in [3.05, 3.63) is 53.2 Å². The van der Waals surface area contributed by atoms with Crippen LogP contribution < -0.4 is 10.1 Å². The van der Waals surface area contributed by atoms with Gasteiger partial charge in [0.1, 0.15) is 10.8 Å². The molecule has 3 aromatic rings. The molecule has 1 aromatic heterocycles. The van der Waals surface area contributed by atoms with Crippen molar-refractivity contribution in [1.29, 1.82) is 0 Å². The zero-order valence-corrected chi connectivity index (χ0v) is 15.7. The number of halogens is 3. The summed E-state index contributed by atoms with van der Waals surface area (Å²) in [5.74, 6) is -0.324. The van der Waals surface area contributed by atoms with Gasteiger partial charge in [0.15, 0.2) is 0 Å². The average molecular weight is 410 g/mol. The number of para-hydroxylation sites is 2. The van der Waals surface area contributed by atoms with Crippen molar-refractivity contribution in [2.75, 3.05) is 11.1 Å². The van der Waals surface area contributed by atoms with Gasteiger partial charge in [-0.05, 0) is 37.3 Å². The molecule has 5 nitrogen and oxygen atoms in total. The van der Waals surface area contributed by atoms with Crippen LogP contribution in [-0.4, -0.2) is 28.2 Å². The average Bonchev–Trinajstić information content (AvgIpc) is 2.62. The van der Waals surface area contributed by atoms with E-state index in [9.17, 15) is 13.6 Å². The molecule has 0 atom stereocenters. The van der Waals surface area contributed by atoms with E-state index in [-0.39, 0.29) is 22.4 Å². The molecule has 3 rings (SSSR count). The zero-order chi connectivity index (χ0) is 19.4. The van der Waals surface area contributed by atoms with E-state index in [1.807, 2.05) is 31.2 Å². The van der Waals surface area contributed by atoms with Crippen molar-refractivity contribution in [2.45, 2.75) is 18.6 Å². The molecule has 0 fully saturated rings. The molecule has 0 spiro atoms. The Bertz CT molecular complexity index is 988. The molecule has 140 valence electrons. The number of carbonyl (C=O) groups excluding carboxylic acids is 1. The maximum atomic E-state index is 12.2. The van der Waals surface area contributed by atoms with Crippen LogP contribution in [0, 0.1) is 6.92 Å². The van der Waals surface area contributed by atoms with Crippen molar-refractivity contribution in [1.82, 2.24) is 9.97 Å². The summed E-state index contributed by atoms with van der Waals surface area (Å²) in [7, 11) is 0. The highest BCUT2D eigenvalue weighted by atomic mass is 35.5. The van der Waals surface area contributed by atoms with E-state index in [2.05, 4.69) is 20.0 Å². The molecule has 27 heavy (non-hydrogen) atoms. The number of amides is 1. The number of nitrogens with zero attached hydrogens (tertiary/aromatic N) is 2. The Hall–Kier alpha value is -2.45. The summed E-state index contributed by atoms with van der Waals surface area (Å²) in [6.07, 6.45) is 0. The van der Waals surface area contributed by atoms with Crippen LogP contribution in [0.3, 0.4) is 0 Å². The highest BCUT2D eigenvalue weighted by Crippen LogP contribution is 2.29. The van der Waals surface area contributed by atoms with Crippen LogP contribution in [0.1, 0.15) is 5.69 Å². The number of aryl methyl sites for hydroxylation is 1. The number of hydrogen-bond acceptors (Lipinski definition) is 5. The number of aromatic nitrogens is 2. The predicted molar refractivity (Wildman–Crippen MR) is 102 cm³/mol. The molecule has 0 radical (unpaired) electrons. The van der Waals surface area contributed by atoms with E-state index in [1.54, 1.807) is 0 Å². The van der Waals surface area contributed by atoms with E-state index in [0.717, 1.165) is 16.7 Å². The lowest BCUT2D eigenvalue weighted by molar-refractivity contribution is -0.113. The van der Waals surface area contributed by atoms with Crippen LogP contribution in [0.5, 0.6) is 5.75 Å². The van der Waals surface area contributed by atoms with Crippen LogP contribution in [0.15, 0.2) is 47.5 Å². The number of hydrogen-bond donors (Lipinski definition) is 1. The van der Waals surface area contributed by atoms with Crippen LogP contribution in [0.2, 0.25) is 5.02 Å². The second kappa shape index (κ2) is 8.49. The number of alkyl halides is 2. The molecule has 0 aliphatic heterocycles. The number of ether oxygens (including phenoxy) is 1. The highest BCUT2D eigenvalue weighted by molar-refractivity contribution is 8.00. The zero-order valence-electron chi connectivity index (χ0n) is 14.1. The van der Waals surface area contributed by atoms with Crippen LogP contribution in [-0.2, 0) is 4.79 Å². The lowest BCUT2D eigenvalue weighted by Gasteiger charge is -2.10. The first kappa shape index (κ1) is 19.3. The molecule has 0 unspecified atom stereocenters. The number of fused-ring (bicyclic) bond motifs is 1. The first-order chi connectivity index (χ1) is 12.9. The lowest BCUT2D eigenvalue weighted by Crippen LogP contribution is -2.14. The Balaban J connectivity index is 1.63. The summed E-state index contributed by atoms with van der Waals surface area (Å²) in [5.41, 5.74) is 2.67. The second-order valence-corrected chi connectivity index (χ2v) is 6.83. The minimum Gasteiger partial charge on any atom is -0.433 e.